The smallest absolute Gasteiger partial charge is 0.248 e. The molecule has 0 saturated heterocycles. The molecule has 0 fully saturated rings. The third-order valence-electron chi connectivity index (χ3n) is 2.87. The summed E-state index contributed by atoms with van der Waals surface area (Å²) in [7, 11) is 0. The number of rotatable bonds is 4. The zero-order valence-electron chi connectivity index (χ0n) is 10.9. The van der Waals surface area contributed by atoms with Crippen molar-refractivity contribution in [2.75, 3.05) is 5.32 Å². The third-order valence-corrected chi connectivity index (χ3v) is 4.12. The van der Waals surface area contributed by atoms with Gasteiger partial charge in [0.1, 0.15) is 0 Å². The van der Waals surface area contributed by atoms with Crippen LogP contribution in [0, 0.1) is 6.92 Å². The predicted molar refractivity (Wildman–Crippen MR) is 88.9 cm³/mol. The van der Waals surface area contributed by atoms with Crippen LogP contribution >= 0.6 is 31.9 Å². The van der Waals surface area contributed by atoms with E-state index in [-0.39, 0.29) is 0 Å². The minimum atomic E-state index is -0.412. The number of carbonyl (C=O) groups excluding carboxylic acids is 1. The van der Waals surface area contributed by atoms with Crippen molar-refractivity contribution in [2.45, 2.75) is 13.5 Å². The predicted octanol–water partition coefficient (Wildman–Crippen LogP) is 4.23. The largest absolute Gasteiger partial charge is 0.379 e. The molecule has 0 radical (unpaired) electrons. The summed E-state index contributed by atoms with van der Waals surface area (Å²) >= 11 is 7.09. The Bertz CT molecular complexity index is 633. The van der Waals surface area contributed by atoms with Crippen LogP contribution in [0.5, 0.6) is 0 Å². The molecule has 0 heterocycles. The molecule has 3 N–H and O–H groups in total. The first kappa shape index (κ1) is 15.1. The molecule has 0 atom stereocenters. The van der Waals surface area contributed by atoms with E-state index in [2.05, 4.69) is 37.2 Å². The lowest BCUT2D eigenvalue weighted by Crippen LogP contribution is -2.11. The molecular weight excluding hydrogens is 384 g/mol. The van der Waals surface area contributed by atoms with Crippen molar-refractivity contribution >= 4 is 43.5 Å². The van der Waals surface area contributed by atoms with Gasteiger partial charge in [-0.15, -0.1) is 0 Å². The van der Waals surface area contributed by atoms with E-state index in [1.165, 1.54) is 5.56 Å². The van der Waals surface area contributed by atoms with Gasteiger partial charge in [-0.25, -0.2) is 0 Å². The Kier molecular flexibility index (Phi) is 4.83. The molecule has 0 saturated carbocycles. The molecule has 0 unspecified atom stereocenters. The molecule has 104 valence electrons. The van der Waals surface area contributed by atoms with Crippen LogP contribution in [-0.4, -0.2) is 5.91 Å². The van der Waals surface area contributed by atoms with Crippen LogP contribution < -0.4 is 11.1 Å². The van der Waals surface area contributed by atoms with Gasteiger partial charge in [0, 0.05) is 21.1 Å². The highest BCUT2D eigenvalue weighted by Gasteiger charge is 2.07. The molecule has 0 bridgehead atoms. The molecule has 0 aliphatic rings. The lowest BCUT2D eigenvalue weighted by atomic mass is 10.1. The Balaban J connectivity index is 2.17. The van der Waals surface area contributed by atoms with Gasteiger partial charge in [-0.3, -0.25) is 4.79 Å². The van der Waals surface area contributed by atoms with Crippen molar-refractivity contribution in [3.05, 3.63) is 62.0 Å². The van der Waals surface area contributed by atoms with Crippen LogP contribution in [0.1, 0.15) is 21.5 Å². The van der Waals surface area contributed by atoms with Gasteiger partial charge in [-0.05, 0) is 74.2 Å². The maximum atomic E-state index is 11.2. The lowest BCUT2D eigenvalue weighted by Gasteiger charge is -2.12. The summed E-state index contributed by atoms with van der Waals surface area (Å²) in [4.78, 5) is 11.2. The number of carbonyl (C=O) groups is 1. The number of hydrogen-bond donors (Lipinski definition) is 2. The number of primary amides is 1. The van der Waals surface area contributed by atoms with Crippen LogP contribution in [0.3, 0.4) is 0 Å². The molecule has 1 amide bonds. The van der Waals surface area contributed by atoms with Crippen LogP contribution in [0.15, 0.2) is 45.3 Å². The van der Waals surface area contributed by atoms with Crippen LogP contribution in [-0.2, 0) is 6.54 Å². The first-order valence-electron chi connectivity index (χ1n) is 6.05. The van der Waals surface area contributed by atoms with E-state index in [0.29, 0.717) is 12.1 Å². The van der Waals surface area contributed by atoms with Gasteiger partial charge in [-0.2, -0.15) is 0 Å². The van der Waals surface area contributed by atoms with E-state index in [0.717, 1.165) is 20.2 Å². The van der Waals surface area contributed by atoms with Crippen molar-refractivity contribution in [1.82, 2.24) is 0 Å². The summed E-state index contributed by atoms with van der Waals surface area (Å²) in [5.74, 6) is -0.412. The number of hydrogen-bond acceptors (Lipinski definition) is 2. The number of amides is 1. The quantitative estimate of drug-likeness (QED) is 0.810. The maximum absolute atomic E-state index is 11.2. The summed E-state index contributed by atoms with van der Waals surface area (Å²) in [5.41, 5.74) is 8.96. The van der Waals surface area contributed by atoms with Crippen LogP contribution in [0.25, 0.3) is 0 Å². The van der Waals surface area contributed by atoms with Gasteiger partial charge in [0.2, 0.25) is 5.91 Å². The Morgan fingerprint density at radius 3 is 2.45 bits per heavy atom. The van der Waals surface area contributed by atoms with Gasteiger partial charge in [0.15, 0.2) is 0 Å². The number of halogens is 2. The highest BCUT2D eigenvalue weighted by atomic mass is 79.9. The number of nitrogens with one attached hydrogen (secondary N) is 1. The highest BCUT2D eigenvalue weighted by Crippen LogP contribution is 2.32. The van der Waals surface area contributed by atoms with Crippen LogP contribution in [0.4, 0.5) is 5.69 Å². The lowest BCUT2D eigenvalue weighted by molar-refractivity contribution is 0.1000. The number of anilines is 1. The van der Waals surface area contributed by atoms with Gasteiger partial charge < -0.3 is 11.1 Å². The van der Waals surface area contributed by atoms with E-state index in [1.54, 1.807) is 12.1 Å². The summed E-state index contributed by atoms with van der Waals surface area (Å²) in [6.07, 6.45) is 0. The summed E-state index contributed by atoms with van der Waals surface area (Å²) in [6, 6.07) is 11.4. The average molecular weight is 398 g/mol. The SMILES string of the molecule is Cc1cc(Br)c(NCc2cccc(C(N)=O)c2)c(Br)c1. The van der Waals surface area contributed by atoms with Crippen molar-refractivity contribution in [3.63, 3.8) is 0 Å². The molecule has 0 aliphatic heterocycles. The molecule has 0 aliphatic carbocycles. The van der Waals surface area contributed by atoms with E-state index in [9.17, 15) is 4.79 Å². The second-order valence-electron chi connectivity index (χ2n) is 4.52. The van der Waals surface area contributed by atoms with Gasteiger partial charge >= 0.3 is 0 Å². The second-order valence-corrected chi connectivity index (χ2v) is 6.23. The molecule has 5 heteroatoms. The van der Waals surface area contributed by atoms with Crippen molar-refractivity contribution in [3.8, 4) is 0 Å². The fourth-order valence-electron chi connectivity index (χ4n) is 1.89. The van der Waals surface area contributed by atoms with E-state index in [4.69, 9.17) is 5.73 Å². The van der Waals surface area contributed by atoms with E-state index in [1.807, 2.05) is 31.2 Å². The monoisotopic (exact) mass is 396 g/mol. The van der Waals surface area contributed by atoms with E-state index < -0.39 is 5.91 Å². The highest BCUT2D eigenvalue weighted by molar-refractivity contribution is 9.11. The summed E-state index contributed by atoms with van der Waals surface area (Å²) in [5, 5.41) is 3.35. The van der Waals surface area contributed by atoms with Crippen molar-refractivity contribution in [1.29, 1.82) is 0 Å². The molecule has 2 rings (SSSR count). The first-order valence-corrected chi connectivity index (χ1v) is 7.64. The average Bonchev–Trinajstić information content (AvgIpc) is 2.37. The van der Waals surface area contributed by atoms with Gasteiger partial charge in [0.25, 0.3) is 0 Å². The molecule has 0 spiro atoms. The number of aryl methyl sites for hydroxylation is 1. The normalized spacial score (nSPS) is 10.3. The molecule has 2 aromatic rings. The number of nitrogens with two attached hydrogens (primary N) is 1. The van der Waals surface area contributed by atoms with Gasteiger partial charge in [-0.1, -0.05) is 12.1 Å². The summed E-state index contributed by atoms with van der Waals surface area (Å²) in [6.45, 7) is 2.65. The maximum Gasteiger partial charge on any atom is 0.248 e. The zero-order valence-corrected chi connectivity index (χ0v) is 14.1. The minimum absolute atomic E-state index is 0.412. The van der Waals surface area contributed by atoms with Crippen LogP contribution in [0.2, 0.25) is 0 Å². The minimum Gasteiger partial charge on any atom is -0.379 e. The Hall–Kier alpha value is -1.33. The Labute approximate surface area is 134 Å². The fraction of sp³-hybridized carbons (Fsp3) is 0.133. The third kappa shape index (κ3) is 3.61. The first-order chi connectivity index (χ1) is 9.47. The number of benzene rings is 2. The van der Waals surface area contributed by atoms with E-state index >= 15 is 0 Å². The molecule has 2 aromatic carbocycles. The zero-order chi connectivity index (χ0) is 14.7. The Morgan fingerprint density at radius 1 is 1.20 bits per heavy atom. The standard InChI is InChI=1S/C15H14Br2N2O/c1-9-5-12(16)14(13(17)6-9)19-8-10-3-2-4-11(7-10)15(18)20/h2-7,19H,8H2,1H3,(H2,18,20). The van der Waals surface area contributed by atoms with Gasteiger partial charge in [0.05, 0.1) is 5.69 Å². The summed E-state index contributed by atoms with van der Waals surface area (Å²) < 4.78 is 1.99. The fourth-order valence-corrected chi connectivity index (χ4v) is 3.59. The van der Waals surface area contributed by atoms with Crippen molar-refractivity contribution < 1.29 is 4.79 Å². The Morgan fingerprint density at radius 2 is 1.85 bits per heavy atom. The molecular formula is C15H14Br2N2O. The molecule has 3 nitrogen and oxygen atoms in total. The second kappa shape index (κ2) is 6.41. The molecule has 20 heavy (non-hydrogen) atoms. The molecule has 0 aromatic heterocycles. The topological polar surface area (TPSA) is 55.1 Å². The van der Waals surface area contributed by atoms with Crippen molar-refractivity contribution in [2.24, 2.45) is 5.73 Å².